The number of alkyl halides is 3. The molecule has 2 aromatic carbocycles. The van der Waals surface area contributed by atoms with Crippen molar-refractivity contribution in [3.05, 3.63) is 53.6 Å². The minimum atomic E-state index is -4.79. The van der Waals surface area contributed by atoms with Crippen LogP contribution >= 0.6 is 11.6 Å². The van der Waals surface area contributed by atoms with E-state index in [1.54, 1.807) is 30.3 Å². The van der Waals surface area contributed by atoms with Crippen molar-refractivity contribution in [2.45, 2.75) is 32.7 Å². The molecule has 0 saturated heterocycles. The molecule has 0 aliphatic carbocycles. The van der Waals surface area contributed by atoms with Gasteiger partial charge in [-0.05, 0) is 43.7 Å². The monoisotopic (exact) mass is 466 g/mol. The fourth-order valence-electron chi connectivity index (χ4n) is 2.81. The third-order valence-electron chi connectivity index (χ3n) is 4.50. The highest BCUT2D eigenvalue weighted by atomic mass is 35.5. The van der Waals surface area contributed by atoms with Crippen LogP contribution < -0.4 is 20.1 Å². The smallest absolute Gasteiger partial charge is 0.495 e. The molecular formula is C22H22ClF3N4O2. The average molecular weight is 467 g/mol. The lowest BCUT2D eigenvalue weighted by Crippen LogP contribution is -2.17. The summed E-state index contributed by atoms with van der Waals surface area (Å²) in [5, 5.41) is 6.83. The summed E-state index contributed by atoms with van der Waals surface area (Å²) in [6.45, 7) is 3.98. The lowest BCUT2D eigenvalue weighted by Gasteiger charge is -2.16. The fraction of sp³-hybridized carbons (Fsp3) is 0.273. The Morgan fingerprint density at radius 1 is 1.09 bits per heavy atom. The Morgan fingerprint density at radius 2 is 1.88 bits per heavy atom. The molecule has 3 aromatic rings. The van der Waals surface area contributed by atoms with Crippen LogP contribution in [0.5, 0.6) is 11.5 Å². The summed E-state index contributed by atoms with van der Waals surface area (Å²) < 4.78 is 47.3. The van der Waals surface area contributed by atoms with Crippen molar-refractivity contribution in [1.82, 2.24) is 9.97 Å². The zero-order valence-corrected chi connectivity index (χ0v) is 18.4. The molecule has 0 aliphatic heterocycles. The van der Waals surface area contributed by atoms with Crippen molar-refractivity contribution in [2.24, 2.45) is 0 Å². The Kier molecular flexibility index (Phi) is 7.29. The molecule has 0 bridgehead atoms. The number of halogens is 4. The van der Waals surface area contributed by atoms with Crippen molar-refractivity contribution in [1.29, 1.82) is 0 Å². The predicted molar refractivity (Wildman–Crippen MR) is 119 cm³/mol. The Morgan fingerprint density at radius 3 is 2.56 bits per heavy atom. The molecule has 2 N–H and O–H groups in total. The van der Waals surface area contributed by atoms with Crippen LogP contribution in [0.3, 0.4) is 0 Å². The van der Waals surface area contributed by atoms with Gasteiger partial charge in [-0.15, -0.1) is 13.2 Å². The molecule has 32 heavy (non-hydrogen) atoms. The highest BCUT2D eigenvalue weighted by molar-refractivity contribution is 6.31. The van der Waals surface area contributed by atoms with Gasteiger partial charge in [-0.2, -0.15) is 4.98 Å². The second-order valence-electron chi connectivity index (χ2n) is 6.96. The first-order valence-electron chi connectivity index (χ1n) is 9.79. The van der Waals surface area contributed by atoms with Crippen molar-refractivity contribution < 1.29 is 22.6 Å². The van der Waals surface area contributed by atoms with E-state index >= 15 is 0 Å². The summed E-state index contributed by atoms with van der Waals surface area (Å²) in [6.07, 6.45) is -3.96. The number of hydrogen-bond donors (Lipinski definition) is 2. The van der Waals surface area contributed by atoms with Gasteiger partial charge < -0.3 is 20.1 Å². The number of nitrogens with one attached hydrogen (secondary N) is 2. The first-order chi connectivity index (χ1) is 15.2. The second kappa shape index (κ2) is 9.95. The van der Waals surface area contributed by atoms with Crippen LogP contribution in [0, 0.1) is 0 Å². The zero-order valence-electron chi connectivity index (χ0n) is 17.6. The van der Waals surface area contributed by atoms with Crippen LogP contribution in [0.4, 0.5) is 30.6 Å². The minimum Gasteiger partial charge on any atom is -0.495 e. The lowest BCUT2D eigenvalue weighted by atomic mass is 10.1. The van der Waals surface area contributed by atoms with E-state index in [2.05, 4.69) is 25.3 Å². The third kappa shape index (κ3) is 6.40. The van der Waals surface area contributed by atoms with Crippen LogP contribution in [0.2, 0.25) is 5.02 Å². The summed E-state index contributed by atoms with van der Waals surface area (Å²) in [7, 11) is 1.53. The molecule has 170 valence electrons. The number of methoxy groups -OCH3 is 1. The van der Waals surface area contributed by atoms with E-state index in [9.17, 15) is 13.2 Å². The molecule has 10 heteroatoms. The number of anilines is 3. The SMILES string of the molecule is CC[C@H](C)Nc1nc(Nc2cc(Cl)ccc2OC)cc(-c2cccc(OC(F)(F)F)c2)n1. The molecule has 6 nitrogen and oxygen atoms in total. The summed E-state index contributed by atoms with van der Waals surface area (Å²) in [5.74, 6) is 0.939. The van der Waals surface area contributed by atoms with Gasteiger partial charge in [0.15, 0.2) is 0 Å². The van der Waals surface area contributed by atoms with Gasteiger partial charge in [0.2, 0.25) is 5.95 Å². The van der Waals surface area contributed by atoms with Gasteiger partial charge in [0.05, 0.1) is 18.5 Å². The topological polar surface area (TPSA) is 68.3 Å². The standard InChI is InChI=1S/C22H22ClF3N4O2/c1-4-13(2)27-21-29-17(14-6-5-7-16(10-14)32-22(24,25)26)12-20(30-21)28-18-11-15(23)8-9-19(18)31-3/h5-13H,4H2,1-3H3,(H2,27,28,29,30)/t13-/m0/s1. The van der Waals surface area contributed by atoms with E-state index in [4.69, 9.17) is 16.3 Å². The molecule has 1 atom stereocenters. The maximum absolute atomic E-state index is 12.6. The first-order valence-corrected chi connectivity index (χ1v) is 10.2. The largest absolute Gasteiger partial charge is 0.573 e. The van der Waals surface area contributed by atoms with Gasteiger partial charge in [0.1, 0.15) is 17.3 Å². The van der Waals surface area contributed by atoms with Crippen molar-refractivity contribution in [3.63, 3.8) is 0 Å². The third-order valence-corrected chi connectivity index (χ3v) is 4.74. The van der Waals surface area contributed by atoms with E-state index in [1.165, 1.54) is 25.3 Å². The van der Waals surface area contributed by atoms with E-state index in [0.717, 1.165) is 6.42 Å². The fourth-order valence-corrected chi connectivity index (χ4v) is 2.99. The van der Waals surface area contributed by atoms with Gasteiger partial charge in [-0.25, -0.2) is 4.98 Å². The maximum Gasteiger partial charge on any atom is 0.573 e. The zero-order chi connectivity index (χ0) is 23.3. The number of rotatable bonds is 8. The summed E-state index contributed by atoms with van der Waals surface area (Å²) in [4.78, 5) is 8.96. The minimum absolute atomic E-state index is 0.0821. The molecule has 1 aromatic heterocycles. The highest BCUT2D eigenvalue weighted by Crippen LogP contribution is 2.33. The van der Waals surface area contributed by atoms with Gasteiger partial charge in [0.25, 0.3) is 0 Å². The van der Waals surface area contributed by atoms with Gasteiger partial charge in [-0.3, -0.25) is 0 Å². The number of aromatic nitrogens is 2. The molecule has 0 radical (unpaired) electrons. The normalized spacial score (nSPS) is 12.2. The van der Waals surface area contributed by atoms with Gasteiger partial charge >= 0.3 is 6.36 Å². The highest BCUT2D eigenvalue weighted by Gasteiger charge is 2.31. The van der Waals surface area contributed by atoms with Crippen LogP contribution in [-0.4, -0.2) is 29.5 Å². The molecular weight excluding hydrogens is 445 g/mol. The molecule has 3 rings (SSSR count). The van der Waals surface area contributed by atoms with E-state index < -0.39 is 6.36 Å². The van der Waals surface area contributed by atoms with Gasteiger partial charge in [0, 0.05) is 22.7 Å². The van der Waals surface area contributed by atoms with E-state index in [1.807, 2.05) is 13.8 Å². The molecule has 0 unspecified atom stereocenters. The quantitative estimate of drug-likeness (QED) is 0.387. The van der Waals surface area contributed by atoms with Crippen LogP contribution in [-0.2, 0) is 0 Å². The second-order valence-corrected chi connectivity index (χ2v) is 7.40. The van der Waals surface area contributed by atoms with Crippen LogP contribution in [0.1, 0.15) is 20.3 Å². The van der Waals surface area contributed by atoms with Crippen LogP contribution in [0.15, 0.2) is 48.5 Å². The molecule has 0 aliphatic rings. The average Bonchev–Trinajstić information content (AvgIpc) is 2.72. The molecule has 1 heterocycles. The van der Waals surface area contributed by atoms with E-state index in [-0.39, 0.29) is 11.8 Å². The lowest BCUT2D eigenvalue weighted by molar-refractivity contribution is -0.274. The van der Waals surface area contributed by atoms with Crippen molar-refractivity contribution >= 4 is 29.1 Å². The van der Waals surface area contributed by atoms with Crippen LogP contribution in [0.25, 0.3) is 11.3 Å². The predicted octanol–water partition coefficient (Wildman–Crippen LogP) is 6.66. The first kappa shape index (κ1) is 23.5. The Hall–Kier alpha value is -3.20. The summed E-state index contributed by atoms with van der Waals surface area (Å²) in [5.41, 5.74) is 1.41. The maximum atomic E-state index is 12.6. The number of nitrogens with zero attached hydrogens (tertiary/aromatic N) is 2. The van der Waals surface area contributed by atoms with Crippen molar-refractivity contribution in [3.8, 4) is 22.8 Å². The Labute approximate surface area is 188 Å². The molecule has 0 amide bonds. The number of ether oxygens (including phenoxy) is 2. The Balaban J connectivity index is 2.02. The van der Waals surface area contributed by atoms with Gasteiger partial charge in [-0.1, -0.05) is 30.7 Å². The number of benzene rings is 2. The molecule has 0 spiro atoms. The van der Waals surface area contributed by atoms with E-state index in [0.29, 0.717) is 39.5 Å². The number of hydrogen-bond acceptors (Lipinski definition) is 6. The molecule has 0 fully saturated rings. The summed E-state index contributed by atoms with van der Waals surface area (Å²) in [6, 6.07) is 12.4. The van der Waals surface area contributed by atoms with Crippen molar-refractivity contribution in [2.75, 3.05) is 17.7 Å². The summed E-state index contributed by atoms with van der Waals surface area (Å²) >= 11 is 6.11. The molecule has 0 saturated carbocycles. The Bertz CT molecular complexity index is 1080.